The van der Waals surface area contributed by atoms with Crippen molar-refractivity contribution < 1.29 is 38.3 Å². The maximum Gasteiger partial charge on any atom is 0.552 e. The average Bonchev–Trinajstić information content (AvgIpc) is 2.92. The Morgan fingerprint density at radius 1 is 1.10 bits per heavy atom. The first-order valence-electron chi connectivity index (χ1n) is 12.5. The van der Waals surface area contributed by atoms with Gasteiger partial charge in [0.25, 0.3) is 5.91 Å². The Morgan fingerprint density at radius 3 is 2.41 bits per heavy atom. The smallest absolute Gasteiger partial charge is 0.507 e. The zero-order valence-electron chi connectivity index (χ0n) is 22.2. The quantitative estimate of drug-likeness (QED) is 0.241. The Kier molecular flexibility index (Phi) is 10.2. The number of aliphatic hydroxyl groups is 1. The van der Waals surface area contributed by atoms with Gasteiger partial charge in [0.2, 0.25) is 5.91 Å². The van der Waals surface area contributed by atoms with Crippen LogP contribution in [0.1, 0.15) is 37.7 Å². The zero-order valence-corrected chi connectivity index (χ0v) is 22.2. The molecule has 1 aromatic heterocycles. The van der Waals surface area contributed by atoms with Crippen LogP contribution in [0.15, 0.2) is 48.5 Å². The summed E-state index contributed by atoms with van der Waals surface area (Å²) in [6.45, 7) is 5.08. The molecular weight excluding hydrogens is 507 g/mol. The molecule has 39 heavy (non-hydrogen) atoms. The second-order valence-electron chi connectivity index (χ2n) is 9.62. The lowest BCUT2D eigenvalue weighted by Crippen LogP contribution is -2.64. The number of aromatic nitrogens is 1. The van der Waals surface area contributed by atoms with E-state index in [9.17, 15) is 24.3 Å². The number of hydrogen-bond acceptors (Lipinski definition) is 10. The van der Waals surface area contributed by atoms with E-state index in [4.69, 9.17) is 15.0 Å². The first-order valence-corrected chi connectivity index (χ1v) is 12.5. The van der Waals surface area contributed by atoms with Crippen LogP contribution in [0.25, 0.3) is 11.3 Å². The number of carbonyl (C=O) groups excluding carboxylic acids is 4. The van der Waals surface area contributed by atoms with Crippen LogP contribution >= 0.6 is 0 Å². The van der Waals surface area contributed by atoms with E-state index in [2.05, 4.69) is 20.4 Å². The molecule has 2 heterocycles. The number of benzene rings is 1. The highest BCUT2D eigenvalue weighted by molar-refractivity contribution is 6.50. The molecule has 13 heteroatoms. The van der Waals surface area contributed by atoms with Gasteiger partial charge in [0.15, 0.2) is 6.10 Å². The summed E-state index contributed by atoms with van der Waals surface area (Å²) in [6, 6.07) is 11.4. The summed E-state index contributed by atoms with van der Waals surface area (Å²) < 4.78 is 15.5. The Balaban J connectivity index is 1.77. The van der Waals surface area contributed by atoms with Gasteiger partial charge in [0, 0.05) is 5.56 Å². The van der Waals surface area contributed by atoms with Crippen LogP contribution < -0.4 is 16.4 Å². The topological polar surface area (TPSA) is 179 Å². The molecule has 0 radical (unpaired) electrons. The van der Waals surface area contributed by atoms with Gasteiger partial charge in [-0.25, -0.2) is 9.78 Å². The van der Waals surface area contributed by atoms with Gasteiger partial charge < -0.3 is 35.5 Å². The Morgan fingerprint density at radius 2 is 1.79 bits per heavy atom. The molecule has 3 rings (SSSR count). The molecule has 12 nitrogen and oxygen atoms in total. The monoisotopic (exact) mass is 540 g/mol. The fraction of sp³-hybridized carbons (Fsp3) is 0.423. The normalized spacial score (nSPS) is 19.5. The van der Waals surface area contributed by atoms with Gasteiger partial charge in [0.1, 0.15) is 17.8 Å². The van der Waals surface area contributed by atoms with Gasteiger partial charge in [-0.1, -0.05) is 50.2 Å². The number of hydrogen-bond donors (Lipinski definition) is 4. The lowest BCUT2D eigenvalue weighted by atomic mass is 9.72. The summed E-state index contributed by atoms with van der Waals surface area (Å²) in [7, 11) is -0.233. The van der Waals surface area contributed by atoms with Gasteiger partial charge in [-0.05, 0) is 31.4 Å². The van der Waals surface area contributed by atoms with E-state index in [1.165, 1.54) is 13.0 Å². The number of esters is 1. The third-order valence-electron chi connectivity index (χ3n) is 6.03. The molecule has 1 aliphatic heterocycles. The molecule has 5 atom stereocenters. The summed E-state index contributed by atoms with van der Waals surface area (Å²) in [4.78, 5) is 55.1. The predicted octanol–water partition coefficient (Wildman–Crippen LogP) is 0.228. The minimum Gasteiger partial charge on any atom is -0.507 e. The Labute approximate surface area is 226 Å². The summed E-state index contributed by atoms with van der Waals surface area (Å²) in [5, 5.41) is 15.5. The number of ether oxygens (including phenoxy) is 1. The van der Waals surface area contributed by atoms with E-state index in [1.807, 2.05) is 44.2 Å². The van der Waals surface area contributed by atoms with Crippen molar-refractivity contribution in [2.75, 3.05) is 7.11 Å². The Hall–Kier alpha value is -3.81. The van der Waals surface area contributed by atoms with Crippen molar-refractivity contribution in [1.82, 2.24) is 15.6 Å². The van der Waals surface area contributed by atoms with E-state index in [0.717, 1.165) is 12.7 Å². The van der Waals surface area contributed by atoms with Crippen LogP contribution in [0.4, 0.5) is 0 Å². The Bertz CT molecular complexity index is 1180. The highest BCUT2D eigenvalue weighted by Gasteiger charge is 2.49. The molecule has 5 N–H and O–H groups in total. The second-order valence-corrected chi connectivity index (χ2v) is 9.62. The van der Waals surface area contributed by atoms with Gasteiger partial charge in [0.05, 0.1) is 24.8 Å². The van der Waals surface area contributed by atoms with Crippen LogP contribution in [-0.4, -0.2) is 78.3 Å². The maximum absolute atomic E-state index is 13.3. The number of methoxy groups -OCH3 is 1. The van der Waals surface area contributed by atoms with Crippen LogP contribution in [0.5, 0.6) is 0 Å². The minimum atomic E-state index is -1.43. The van der Waals surface area contributed by atoms with Crippen molar-refractivity contribution in [2.24, 2.45) is 11.7 Å². The molecule has 0 unspecified atom stereocenters. The number of carbonyl (C=O) groups is 4. The van der Waals surface area contributed by atoms with E-state index < -0.39 is 61.1 Å². The molecule has 1 aromatic carbocycles. The van der Waals surface area contributed by atoms with Gasteiger partial charge in [-0.3, -0.25) is 14.4 Å². The first-order chi connectivity index (χ1) is 18.5. The molecule has 0 aliphatic carbocycles. The highest BCUT2D eigenvalue weighted by Crippen LogP contribution is 2.19. The molecule has 2 aromatic rings. The summed E-state index contributed by atoms with van der Waals surface area (Å²) in [5.74, 6) is -4.13. The number of nitrogens with one attached hydrogen (secondary N) is 2. The SMILES string of the molecule is COC(=O)[C@@H]1OB([C@H](CC(C)C)NC(=O)[C@@H](NC(=O)c2cccc(-c3ccccc3)n2)[C@@H](C)O)OC(=O)[C@@H]1N. The van der Waals surface area contributed by atoms with E-state index in [1.54, 1.807) is 12.1 Å². The average molecular weight is 540 g/mol. The van der Waals surface area contributed by atoms with Crippen molar-refractivity contribution in [1.29, 1.82) is 0 Å². The van der Waals surface area contributed by atoms with Crippen LogP contribution in [-0.2, 0) is 28.4 Å². The van der Waals surface area contributed by atoms with Gasteiger partial charge in [-0.2, -0.15) is 0 Å². The van der Waals surface area contributed by atoms with Crippen LogP contribution in [0, 0.1) is 5.92 Å². The molecular formula is C26H33BN4O8. The molecule has 1 fully saturated rings. The van der Waals surface area contributed by atoms with E-state index in [0.29, 0.717) is 5.69 Å². The molecule has 0 spiro atoms. The molecule has 0 saturated carbocycles. The van der Waals surface area contributed by atoms with E-state index >= 15 is 0 Å². The third-order valence-corrected chi connectivity index (χ3v) is 6.03. The second kappa shape index (κ2) is 13.3. The summed E-state index contributed by atoms with van der Waals surface area (Å²) in [6.07, 6.45) is -2.45. The predicted molar refractivity (Wildman–Crippen MR) is 141 cm³/mol. The van der Waals surface area contributed by atoms with Crippen molar-refractivity contribution in [3.05, 3.63) is 54.2 Å². The number of aliphatic hydroxyl groups excluding tert-OH is 1. The highest BCUT2D eigenvalue weighted by atomic mass is 16.7. The lowest BCUT2D eigenvalue weighted by molar-refractivity contribution is -0.162. The fourth-order valence-corrected chi connectivity index (χ4v) is 4.04. The number of rotatable bonds is 10. The zero-order chi connectivity index (χ0) is 28.7. The van der Waals surface area contributed by atoms with Crippen molar-refractivity contribution in [3.63, 3.8) is 0 Å². The van der Waals surface area contributed by atoms with Crippen LogP contribution in [0.3, 0.4) is 0 Å². The number of nitrogens with zero attached hydrogens (tertiary/aromatic N) is 1. The standard InChI is InChI=1S/C26H33BN4O8/c1-14(2)13-19(27-38-22(26(36)37-4)20(28)25(35)39-27)30-24(34)21(15(3)32)31-23(33)18-12-8-11-17(29-18)16-9-6-5-7-10-16/h5-12,14-15,19-22,32H,13,28H2,1-4H3,(H,30,34)(H,31,33)/t15-,19+,20-,21+,22-/m1/s1. The number of nitrogens with two attached hydrogens (primary N) is 1. The summed E-state index contributed by atoms with van der Waals surface area (Å²) >= 11 is 0. The molecule has 2 amide bonds. The first kappa shape index (κ1) is 29.7. The molecule has 208 valence electrons. The minimum absolute atomic E-state index is 0.00528. The lowest BCUT2D eigenvalue weighted by Gasteiger charge is -2.35. The molecule has 1 aliphatic rings. The van der Waals surface area contributed by atoms with Gasteiger partial charge in [-0.15, -0.1) is 0 Å². The van der Waals surface area contributed by atoms with Crippen LogP contribution in [0.2, 0.25) is 0 Å². The summed E-state index contributed by atoms with van der Waals surface area (Å²) in [5.41, 5.74) is 7.15. The molecule has 1 saturated heterocycles. The fourth-order valence-electron chi connectivity index (χ4n) is 4.04. The van der Waals surface area contributed by atoms with Crippen molar-refractivity contribution >= 4 is 30.9 Å². The van der Waals surface area contributed by atoms with Gasteiger partial charge >= 0.3 is 19.1 Å². The largest absolute Gasteiger partial charge is 0.552 e. The van der Waals surface area contributed by atoms with E-state index in [-0.39, 0.29) is 18.0 Å². The molecule has 0 bridgehead atoms. The number of pyridine rings is 1. The van der Waals surface area contributed by atoms with Crippen molar-refractivity contribution in [2.45, 2.75) is 57.4 Å². The van der Waals surface area contributed by atoms with Crippen molar-refractivity contribution in [3.8, 4) is 11.3 Å². The third kappa shape index (κ3) is 7.62. The maximum atomic E-state index is 13.3. The number of amides is 2.